The summed E-state index contributed by atoms with van der Waals surface area (Å²) in [7, 11) is 20.4. The van der Waals surface area contributed by atoms with Crippen molar-refractivity contribution in [1.82, 2.24) is 0 Å². The molecule has 1 aliphatic heterocycles. The second kappa shape index (κ2) is 7.02. The molecule has 0 saturated carbocycles. The number of hydrogen-bond donors (Lipinski definition) is 1. The van der Waals surface area contributed by atoms with Crippen molar-refractivity contribution in [3.63, 3.8) is 0 Å². The minimum absolute atomic E-state index is 0.327. The molecule has 2 unspecified atom stereocenters. The average Bonchev–Trinajstić information content (AvgIpc) is 3.39. The predicted octanol–water partition coefficient (Wildman–Crippen LogP) is 7.00. The van der Waals surface area contributed by atoms with Crippen molar-refractivity contribution in [2.24, 2.45) is 0 Å². The number of alkyl halides is 1. The Morgan fingerprint density at radius 1 is 0.933 bits per heavy atom. The molecular weight excluding hydrogens is 594 g/mol. The first-order valence-electron chi connectivity index (χ1n) is 9.96. The van der Waals surface area contributed by atoms with Gasteiger partial charge in [-0.1, -0.05) is 0 Å². The SMILES string of the molecule is [SH][Zr]([Cl])([Cl])([c]1cccc2c1Cc1ccccc1-2)[c]1cccc2c1C1C(=C2)CSC1Br. The Bertz CT molecular complexity index is 1260. The van der Waals surface area contributed by atoms with Crippen LogP contribution in [0, 0.1) is 0 Å². The number of thiol groups is 1. The molecule has 3 aliphatic rings. The molecule has 151 valence electrons. The van der Waals surface area contributed by atoms with Crippen molar-refractivity contribution in [2.45, 2.75) is 16.5 Å². The summed E-state index contributed by atoms with van der Waals surface area (Å²) in [5, 5.41) is 0. The number of benzene rings is 3. The van der Waals surface area contributed by atoms with E-state index in [9.17, 15) is 0 Å². The van der Waals surface area contributed by atoms with Crippen LogP contribution >= 0.6 is 54.1 Å². The van der Waals surface area contributed by atoms with Gasteiger partial charge in [0.15, 0.2) is 0 Å². The van der Waals surface area contributed by atoms with Crippen LogP contribution in [0.15, 0.2) is 66.2 Å². The Balaban J connectivity index is 1.58. The van der Waals surface area contributed by atoms with E-state index in [-0.39, 0.29) is 0 Å². The zero-order valence-corrected chi connectivity index (χ0v) is 23.2. The maximum absolute atomic E-state index is 7.58. The Morgan fingerprint density at radius 3 is 2.53 bits per heavy atom. The molecule has 30 heavy (non-hydrogen) atoms. The van der Waals surface area contributed by atoms with Gasteiger partial charge in [-0.05, 0) is 0 Å². The molecule has 6 heteroatoms. The van der Waals surface area contributed by atoms with E-state index in [2.05, 4.69) is 82.7 Å². The van der Waals surface area contributed by atoms with Gasteiger partial charge < -0.3 is 0 Å². The molecule has 1 fully saturated rings. The van der Waals surface area contributed by atoms with E-state index < -0.39 is 14.9 Å². The molecule has 0 radical (unpaired) electrons. The van der Waals surface area contributed by atoms with Crippen LogP contribution in [-0.2, 0) is 21.4 Å². The van der Waals surface area contributed by atoms with Crippen LogP contribution in [0.5, 0.6) is 0 Å². The summed E-state index contributed by atoms with van der Waals surface area (Å²) in [6, 6.07) is 21.4. The Morgan fingerprint density at radius 2 is 1.67 bits per heavy atom. The number of rotatable bonds is 2. The fraction of sp³-hybridized carbons (Fsp3) is 0.167. The number of halogens is 3. The molecule has 2 atom stereocenters. The van der Waals surface area contributed by atoms with Crippen LogP contribution in [-0.4, -0.2) is 9.91 Å². The summed E-state index contributed by atoms with van der Waals surface area (Å²) in [5.41, 5.74) is 9.13. The molecule has 0 nitrogen and oxygen atoms in total. The van der Waals surface area contributed by atoms with E-state index in [4.69, 9.17) is 26.4 Å². The topological polar surface area (TPSA) is 0 Å². The third kappa shape index (κ3) is 2.90. The molecular formula is C24H18BrCl2S2Zr. The fourth-order valence-electron chi connectivity index (χ4n) is 5.31. The predicted molar refractivity (Wildman–Crippen MR) is 137 cm³/mol. The Labute approximate surface area is 201 Å². The molecule has 3 aromatic carbocycles. The van der Waals surface area contributed by atoms with Crippen LogP contribution in [0.1, 0.15) is 28.2 Å². The summed E-state index contributed by atoms with van der Waals surface area (Å²) in [5.74, 6) is 1.37. The van der Waals surface area contributed by atoms with Crippen LogP contribution in [0.2, 0.25) is 0 Å². The van der Waals surface area contributed by atoms with Gasteiger partial charge in [-0.15, -0.1) is 0 Å². The van der Waals surface area contributed by atoms with Crippen molar-refractivity contribution in [3.8, 4) is 11.1 Å². The summed E-state index contributed by atoms with van der Waals surface area (Å²) >= 11 is 0.990. The summed E-state index contributed by atoms with van der Waals surface area (Å²) in [6.07, 6.45) is 3.19. The van der Waals surface area contributed by atoms with E-state index in [0.717, 1.165) is 18.7 Å². The normalized spacial score (nSPS) is 22.5. The van der Waals surface area contributed by atoms with Crippen molar-refractivity contribution >= 4 is 66.7 Å². The van der Waals surface area contributed by atoms with E-state index >= 15 is 0 Å². The third-order valence-electron chi connectivity index (χ3n) is 6.63. The van der Waals surface area contributed by atoms with Gasteiger partial charge in [0.2, 0.25) is 0 Å². The van der Waals surface area contributed by atoms with Gasteiger partial charge in [0.05, 0.1) is 0 Å². The molecule has 3 aromatic rings. The first kappa shape index (κ1) is 20.6. The Kier molecular flexibility index (Phi) is 4.83. The van der Waals surface area contributed by atoms with Crippen molar-refractivity contribution in [1.29, 1.82) is 0 Å². The molecule has 2 aliphatic carbocycles. The number of fused-ring (bicyclic) bond motifs is 6. The van der Waals surface area contributed by atoms with Crippen molar-refractivity contribution in [3.05, 3.63) is 88.5 Å². The van der Waals surface area contributed by atoms with Crippen LogP contribution < -0.4 is 6.54 Å². The fourth-order valence-corrected chi connectivity index (χ4v) is 20.1. The monoisotopic (exact) mass is 609 g/mol. The molecule has 0 N–H and O–H groups in total. The zero-order chi connectivity index (χ0) is 20.7. The first-order chi connectivity index (χ1) is 14.3. The maximum atomic E-state index is 7.58. The van der Waals surface area contributed by atoms with E-state index in [1.54, 1.807) is 0 Å². The van der Waals surface area contributed by atoms with Crippen LogP contribution in [0.25, 0.3) is 17.2 Å². The number of hydrogen-bond acceptors (Lipinski definition) is 2. The number of thioether (sulfide) groups is 1. The average molecular weight is 613 g/mol. The van der Waals surface area contributed by atoms with Gasteiger partial charge in [-0.3, -0.25) is 0 Å². The van der Waals surface area contributed by atoms with Gasteiger partial charge in [-0.25, -0.2) is 0 Å². The van der Waals surface area contributed by atoms with Gasteiger partial charge in [-0.2, -0.15) is 0 Å². The quantitative estimate of drug-likeness (QED) is 0.188. The van der Waals surface area contributed by atoms with Gasteiger partial charge in [0, 0.05) is 0 Å². The van der Waals surface area contributed by atoms with Crippen molar-refractivity contribution < 1.29 is 14.9 Å². The molecule has 1 heterocycles. The van der Waals surface area contributed by atoms with Gasteiger partial charge >= 0.3 is 204 Å². The second-order valence-electron chi connectivity index (χ2n) is 8.30. The van der Waals surface area contributed by atoms with E-state index in [1.807, 2.05) is 11.8 Å². The molecule has 0 bridgehead atoms. The van der Waals surface area contributed by atoms with Gasteiger partial charge in [0.1, 0.15) is 0 Å². The van der Waals surface area contributed by atoms with Crippen LogP contribution in [0.3, 0.4) is 0 Å². The summed E-state index contributed by atoms with van der Waals surface area (Å²) in [4.78, 5) is 0. The molecule has 0 aromatic heterocycles. The minimum atomic E-state index is -4.84. The summed E-state index contributed by atoms with van der Waals surface area (Å²) < 4.78 is 2.49. The van der Waals surface area contributed by atoms with Crippen LogP contribution in [0.4, 0.5) is 0 Å². The van der Waals surface area contributed by atoms with E-state index in [0.29, 0.717) is 10.1 Å². The standard InChI is InChI=1S/C13H9.C11H8BrS.2ClH.H2S.Zr/c1-3-7-12-10(5-1)9-11-6-2-4-8-13(11)12;12-11-10-8(6-13-11)5-7-3-1-2-4-9(7)10;;;;/h1-5,7-8H,9H2;1-3,5,10-11H,6H2;2*1H;1H2;/q;;;;;+3/p-3. The second-order valence-corrected chi connectivity index (χ2v) is 36.9. The first-order valence-corrected chi connectivity index (χ1v) is 24.5. The van der Waals surface area contributed by atoms with Gasteiger partial charge in [0.25, 0.3) is 0 Å². The molecule has 6 rings (SSSR count). The molecule has 1 saturated heterocycles. The Hall–Kier alpha value is 0.0431. The third-order valence-corrected chi connectivity index (χ3v) is 23.4. The van der Waals surface area contributed by atoms with Crippen molar-refractivity contribution in [2.75, 3.05) is 5.75 Å². The molecule has 0 amide bonds. The zero-order valence-electron chi connectivity index (χ0n) is 15.9. The summed E-state index contributed by atoms with van der Waals surface area (Å²) in [6.45, 7) is 0. The molecule has 0 spiro atoms. The van der Waals surface area contributed by atoms with E-state index in [1.165, 1.54) is 39.0 Å².